The maximum Gasteiger partial charge on any atom is 0.263 e. The Morgan fingerprint density at radius 2 is 2.00 bits per heavy atom. The van der Waals surface area contributed by atoms with E-state index in [1.165, 1.54) is 17.4 Å². The summed E-state index contributed by atoms with van der Waals surface area (Å²) in [6, 6.07) is 9.25. The molecule has 0 saturated carbocycles. The summed E-state index contributed by atoms with van der Waals surface area (Å²) in [6.07, 6.45) is 2.41. The first-order valence-electron chi connectivity index (χ1n) is 9.45. The second-order valence-corrected chi connectivity index (χ2v) is 8.89. The van der Waals surface area contributed by atoms with Crippen molar-refractivity contribution in [2.45, 2.75) is 25.8 Å². The van der Waals surface area contributed by atoms with Crippen molar-refractivity contribution in [1.82, 2.24) is 15.3 Å². The fourth-order valence-electron chi connectivity index (χ4n) is 3.76. The van der Waals surface area contributed by atoms with Gasteiger partial charge in [-0.1, -0.05) is 17.4 Å². The number of rotatable bonds is 2. The zero-order chi connectivity index (χ0) is 20.2. The van der Waals surface area contributed by atoms with Gasteiger partial charge in [0.25, 0.3) is 5.91 Å². The molecule has 0 unspecified atom stereocenters. The number of nitrogens with zero attached hydrogens (tertiary/aromatic N) is 2. The van der Waals surface area contributed by atoms with Crippen molar-refractivity contribution >= 4 is 28.1 Å². The number of carbonyl (C=O) groups excluding carboxylic acids is 1. The highest BCUT2D eigenvalue weighted by molar-refractivity contribution is 7.17. The van der Waals surface area contributed by atoms with Crippen molar-refractivity contribution in [3.8, 4) is 16.9 Å². The molecule has 5 rings (SSSR count). The maximum atomic E-state index is 12.5. The summed E-state index contributed by atoms with van der Waals surface area (Å²) < 4.78 is 5.84. The Kier molecular flexibility index (Phi) is 3.99. The van der Waals surface area contributed by atoms with E-state index in [0.717, 1.165) is 33.4 Å². The van der Waals surface area contributed by atoms with Gasteiger partial charge in [0.1, 0.15) is 17.2 Å². The SMILES string of the molecule is CC1(C)Cc2nc(N3CCOc4ccc(-c5ccc(=O)[nH]c5)cc43)sc2C(=O)N1. The molecule has 3 aromatic rings. The van der Waals surface area contributed by atoms with Gasteiger partial charge < -0.3 is 19.9 Å². The molecule has 0 aliphatic carbocycles. The van der Waals surface area contributed by atoms with Crippen molar-refractivity contribution in [3.05, 3.63) is 57.5 Å². The lowest BCUT2D eigenvalue weighted by Gasteiger charge is -2.29. The van der Waals surface area contributed by atoms with Gasteiger partial charge in [-0.25, -0.2) is 4.98 Å². The molecule has 7 nitrogen and oxygen atoms in total. The average Bonchev–Trinajstić information content (AvgIpc) is 3.10. The molecule has 29 heavy (non-hydrogen) atoms. The third-order valence-electron chi connectivity index (χ3n) is 5.12. The minimum absolute atomic E-state index is 0.0597. The molecule has 0 saturated heterocycles. The summed E-state index contributed by atoms with van der Waals surface area (Å²) in [5.74, 6) is 0.720. The van der Waals surface area contributed by atoms with Crippen molar-refractivity contribution in [2.24, 2.45) is 0 Å². The van der Waals surface area contributed by atoms with E-state index >= 15 is 0 Å². The Hall–Kier alpha value is -3.13. The minimum Gasteiger partial charge on any atom is -0.490 e. The number of nitrogens with one attached hydrogen (secondary N) is 2. The largest absolute Gasteiger partial charge is 0.490 e. The third kappa shape index (κ3) is 3.19. The van der Waals surface area contributed by atoms with Crippen LogP contribution in [0.4, 0.5) is 10.8 Å². The van der Waals surface area contributed by atoms with E-state index in [2.05, 4.69) is 15.2 Å². The van der Waals surface area contributed by atoms with Crippen LogP contribution in [-0.2, 0) is 6.42 Å². The van der Waals surface area contributed by atoms with Gasteiger partial charge in [0, 0.05) is 24.2 Å². The Morgan fingerprint density at radius 3 is 2.79 bits per heavy atom. The number of amides is 1. The van der Waals surface area contributed by atoms with Crippen molar-refractivity contribution < 1.29 is 9.53 Å². The smallest absolute Gasteiger partial charge is 0.263 e. The first-order chi connectivity index (χ1) is 13.9. The zero-order valence-electron chi connectivity index (χ0n) is 16.1. The molecule has 2 aromatic heterocycles. The van der Waals surface area contributed by atoms with E-state index in [4.69, 9.17) is 9.72 Å². The lowest BCUT2D eigenvalue weighted by atomic mass is 9.94. The van der Waals surface area contributed by atoms with Crippen molar-refractivity contribution in [3.63, 3.8) is 0 Å². The molecule has 2 N–H and O–H groups in total. The van der Waals surface area contributed by atoms with Crippen LogP contribution in [0.5, 0.6) is 5.75 Å². The number of thiazole rings is 1. The van der Waals surface area contributed by atoms with Gasteiger partial charge in [-0.05, 0) is 43.2 Å². The topological polar surface area (TPSA) is 87.3 Å². The van der Waals surface area contributed by atoms with Gasteiger partial charge >= 0.3 is 0 Å². The maximum absolute atomic E-state index is 12.5. The van der Waals surface area contributed by atoms with Gasteiger partial charge in [0.05, 0.1) is 17.9 Å². The summed E-state index contributed by atoms with van der Waals surface area (Å²) in [5, 5.41) is 3.84. The number of H-pyrrole nitrogens is 1. The summed E-state index contributed by atoms with van der Waals surface area (Å²) in [6.45, 7) is 5.22. The van der Waals surface area contributed by atoms with Crippen LogP contribution in [0.2, 0.25) is 0 Å². The molecule has 0 spiro atoms. The van der Waals surface area contributed by atoms with E-state index in [1.54, 1.807) is 12.3 Å². The minimum atomic E-state index is -0.296. The number of carbonyl (C=O) groups is 1. The van der Waals surface area contributed by atoms with Crippen molar-refractivity contribution in [2.75, 3.05) is 18.1 Å². The Labute approximate surface area is 171 Å². The normalized spacial score (nSPS) is 17.2. The van der Waals surface area contributed by atoms with Crippen LogP contribution < -0.4 is 20.5 Å². The standard InChI is InChI=1S/C21H20N4O3S/c1-21(2)10-14-18(19(27)24-21)29-20(23-14)25-7-8-28-16-5-3-12(9-15(16)25)13-4-6-17(26)22-11-13/h3-6,9,11H,7-8,10H2,1-2H3,(H,22,26)(H,24,27). The highest BCUT2D eigenvalue weighted by Gasteiger charge is 2.34. The first-order valence-corrected chi connectivity index (χ1v) is 10.3. The Balaban J connectivity index is 1.56. The van der Waals surface area contributed by atoms with Gasteiger partial charge in [-0.15, -0.1) is 0 Å². The van der Waals surface area contributed by atoms with E-state index in [9.17, 15) is 9.59 Å². The lowest BCUT2D eigenvalue weighted by Crippen LogP contribution is -2.48. The molecule has 0 bridgehead atoms. The van der Waals surface area contributed by atoms with Crippen LogP contribution in [0.1, 0.15) is 29.2 Å². The van der Waals surface area contributed by atoms with Gasteiger partial charge in [0.2, 0.25) is 5.56 Å². The summed E-state index contributed by atoms with van der Waals surface area (Å²) in [7, 11) is 0. The molecule has 0 atom stereocenters. The fraction of sp³-hybridized carbons (Fsp3) is 0.286. The van der Waals surface area contributed by atoms with Crippen LogP contribution in [0.3, 0.4) is 0 Å². The number of ether oxygens (including phenoxy) is 1. The molecule has 0 fully saturated rings. The predicted molar refractivity (Wildman–Crippen MR) is 112 cm³/mol. The zero-order valence-corrected chi connectivity index (χ0v) is 16.9. The number of benzene rings is 1. The van der Waals surface area contributed by atoms with E-state index in [-0.39, 0.29) is 17.0 Å². The molecular weight excluding hydrogens is 388 g/mol. The predicted octanol–water partition coefficient (Wildman–Crippen LogP) is 3.09. The second-order valence-electron chi connectivity index (χ2n) is 7.91. The van der Waals surface area contributed by atoms with Gasteiger partial charge in [0.15, 0.2) is 5.13 Å². The fourth-order valence-corrected chi connectivity index (χ4v) is 4.78. The molecule has 148 valence electrons. The number of anilines is 2. The summed E-state index contributed by atoms with van der Waals surface area (Å²) in [5.41, 5.74) is 3.21. The van der Waals surface area contributed by atoms with E-state index in [0.29, 0.717) is 24.4 Å². The van der Waals surface area contributed by atoms with Crippen LogP contribution in [0, 0.1) is 0 Å². The van der Waals surface area contributed by atoms with Crippen LogP contribution in [0.15, 0.2) is 41.3 Å². The molecule has 1 aromatic carbocycles. The van der Waals surface area contributed by atoms with Gasteiger partial charge in [-0.2, -0.15) is 0 Å². The highest BCUT2D eigenvalue weighted by atomic mass is 32.1. The highest BCUT2D eigenvalue weighted by Crippen LogP contribution is 2.42. The first kappa shape index (κ1) is 17.9. The Morgan fingerprint density at radius 1 is 1.17 bits per heavy atom. The number of aromatic nitrogens is 2. The van der Waals surface area contributed by atoms with Crippen molar-refractivity contribution in [1.29, 1.82) is 0 Å². The lowest BCUT2D eigenvalue weighted by molar-refractivity contribution is 0.0901. The molecular formula is C21H20N4O3S. The third-order valence-corrected chi connectivity index (χ3v) is 6.24. The number of hydrogen-bond donors (Lipinski definition) is 2. The van der Waals surface area contributed by atoms with E-state index in [1.807, 2.05) is 32.0 Å². The quantitative estimate of drug-likeness (QED) is 0.680. The molecule has 2 aliphatic rings. The number of fused-ring (bicyclic) bond motifs is 2. The summed E-state index contributed by atoms with van der Waals surface area (Å²) >= 11 is 1.42. The average molecular weight is 408 g/mol. The number of hydrogen-bond acceptors (Lipinski definition) is 6. The number of aromatic amines is 1. The monoisotopic (exact) mass is 408 g/mol. The molecule has 2 aliphatic heterocycles. The molecule has 0 radical (unpaired) electrons. The van der Waals surface area contributed by atoms with E-state index < -0.39 is 0 Å². The Bertz CT molecular complexity index is 1160. The molecule has 1 amide bonds. The van der Waals surface area contributed by atoms with Crippen LogP contribution in [-0.4, -0.2) is 34.6 Å². The molecule has 4 heterocycles. The summed E-state index contributed by atoms with van der Waals surface area (Å²) in [4.78, 5) is 34.2. The number of pyridine rings is 1. The second kappa shape index (κ2) is 6.45. The van der Waals surface area contributed by atoms with Gasteiger partial charge in [-0.3, -0.25) is 9.59 Å². The van der Waals surface area contributed by atoms with Crippen LogP contribution >= 0.6 is 11.3 Å². The van der Waals surface area contributed by atoms with Crippen LogP contribution in [0.25, 0.3) is 11.1 Å². The molecule has 8 heteroatoms.